The first-order valence-electron chi connectivity index (χ1n) is 8.29. The molecule has 0 unspecified atom stereocenters. The zero-order valence-corrected chi connectivity index (χ0v) is 17.3. The highest BCUT2D eigenvalue weighted by molar-refractivity contribution is 7.99. The fourth-order valence-electron chi connectivity index (χ4n) is 2.62. The van der Waals surface area contributed by atoms with E-state index in [1.54, 1.807) is 30.8 Å². The summed E-state index contributed by atoms with van der Waals surface area (Å²) in [6, 6.07) is 3.19. The molecule has 6 nitrogen and oxygen atoms in total. The van der Waals surface area contributed by atoms with Crippen LogP contribution in [0.1, 0.15) is 41.7 Å². The smallest absolute Gasteiger partial charge is 0.346 e. The van der Waals surface area contributed by atoms with E-state index in [0.29, 0.717) is 32.2 Å². The summed E-state index contributed by atoms with van der Waals surface area (Å²) >= 11 is 13.8. The average Bonchev–Trinajstić information content (AvgIpc) is 3.43. The van der Waals surface area contributed by atoms with Crippen LogP contribution in [0.2, 0.25) is 10.0 Å². The van der Waals surface area contributed by atoms with Gasteiger partial charge < -0.3 is 9.47 Å². The lowest BCUT2D eigenvalue weighted by Gasteiger charge is -2.15. The van der Waals surface area contributed by atoms with Crippen LogP contribution in [0.5, 0.6) is 5.75 Å². The summed E-state index contributed by atoms with van der Waals surface area (Å²) in [6.07, 6.45) is 2.11. The molecule has 27 heavy (non-hydrogen) atoms. The van der Waals surface area contributed by atoms with Gasteiger partial charge in [-0.1, -0.05) is 35.0 Å². The lowest BCUT2D eigenvalue weighted by Crippen LogP contribution is -2.25. The summed E-state index contributed by atoms with van der Waals surface area (Å²) in [6.45, 7) is 1.57. The lowest BCUT2D eigenvalue weighted by molar-refractivity contribution is -0.147. The first kappa shape index (κ1) is 20.0. The Balaban J connectivity index is 1.92. The molecule has 1 saturated carbocycles. The topological polar surface area (TPSA) is 70.4 Å². The Morgan fingerprint density at radius 2 is 2.07 bits per heavy atom. The van der Waals surface area contributed by atoms with Gasteiger partial charge >= 0.3 is 5.97 Å². The minimum Gasteiger partial charge on any atom is -0.477 e. The van der Waals surface area contributed by atoms with Crippen molar-refractivity contribution in [2.75, 3.05) is 7.11 Å². The van der Waals surface area contributed by atoms with Gasteiger partial charge in [-0.25, -0.2) is 4.79 Å². The van der Waals surface area contributed by atoms with Crippen molar-refractivity contribution in [2.24, 2.45) is 7.05 Å². The number of carbonyl (C=O) groups is 2. The summed E-state index contributed by atoms with van der Waals surface area (Å²) < 4.78 is 11.9. The zero-order chi connectivity index (χ0) is 19.7. The van der Waals surface area contributed by atoms with Gasteiger partial charge in [0.2, 0.25) is 0 Å². The number of halogens is 2. The monoisotopic (exact) mass is 428 g/mol. The second kappa shape index (κ2) is 8.12. The Kier molecular flexibility index (Phi) is 6.03. The molecule has 1 atom stereocenters. The van der Waals surface area contributed by atoms with Gasteiger partial charge in [0, 0.05) is 17.9 Å². The molecule has 0 aliphatic heterocycles. The van der Waals surface area contributed by atoms with Crippen molar-refractivity contribution in [3.8, 4) is 5.75 Å². The predicted molar refractivity (Wildman–Crippen MR) is 103 cm³/mol. The fourth-order valence-corrected chi connectivity index (χ4v) is 4.13. The zero-order valence-electron chi connectivity index (χ0n) is 15.0. The number of hydrogen-bond acceptors (Lipinski definition) is 6. The number of esters is 1. The Morgan fingerprint density at radius 3 is 2.67 bits per heavy atom. The summed E-state index contributed by atoms with van der Waals surface area (Å²) in [7, 11) is 3.08. The molecule has 2 aromatic rings. The highest BCUT2D eigenvalue weighted by Crippen LogP contribution is 2.45. The molecule has 0 spiro atoms. The number of methoxy groups -OCH3 is 1. The fraction of sp³-hybridized carbons (Fsp3) is 0.389. The van der Waals surface area contributed by atoms with Crippen LogP contribution in [0.25, 0.3) is 0 Å². The standard InChI is InChI=1S/C18H18Cl2N2O4S/c1-9(18(24)25-3)26-14-7-15(13(20)6-12(14)19)27-17-11(8-23)16(10-4-5-10)21-22(17)2/h6-10H,4-5H2,1-3H3/t9-/m0/s1. The van der Waals surface area contributed by atoms with Crippen LogP contribution in [0.4, 0.5) is 0 Å². The molecule has 1 heterocycles. The maximum absolute atomic E-state index is 11.6. The quantitative estimate of drug-likeness (QED) is 0.477. The number of aromatic nitrogens is 2. The molecular weight excluding hydrogens is 411 g/mol. The summed E-state index contributed by atoms with van der Waals surface area (Å²) in [5, 5.41) is 5.88. The molecule has 0 saturated heterocycles. The van der Waals surface area contributed by atoms with Gasteiger partial charge in [-0.05, 0) is 31.9 Å². The van der Waals surface area contributed by atoms with Crippen LogP contribution in [0.3, 0.4) is 0 Å². The van der Waals surface area contributed by atoms with E-state index in [0.717, 1.165) is 24.8 Å². The maximum atomic E-state index is 11.6. The molecule has 0 amide bonds. The highest BCUT2D eigenvalue weighted by atomic mass is 35.5. The van der Waals surface area contributed by atoms with Crippen LogP contribution in [-0.2, 0) is 16.6 Å². The van der Waals surface area contributed by atoms with Gasteiger partial charge in [0.1, 0.15) is 10.8 Å². The molecule has 9 heteroatoms. The van der Waals surface area contributed by atoms with E-state index in [4.69, 9.17) is 27.9 Å². The molecular formula is C18H18Cl2N2O4S. The van der Waals surface area contributed by atoms with Crippen molar-refractivity contribution in [1.82, 2.24) is 9.78 Å². The van der Waals surface area contributed by atoms with E-state index in [2.05, 4.69) is 9.84 Å². The van der Waals surface area contributed by atoms with Crippen molar-refractivity contribution in [1.29, 1.82) is 0 Å². The molecule has 0 bridgehead atoms. The first-order chi connectivity index (χ1) is 12.8. The van der Waals surface area contributed by atoms with Crippen LogP contribution in [0.15, 0.2) is 22.1 Å². The van der Waals surface area contributed by atoms with Gasteiger partial charge in [0.25, 0.3) is 0 Å². The number of aldehydes is 1. The van der Waals surface area contributed by atoms with Crippen LogP contribution >= 0.6 is 35.0 Å². The Bertz CT molecular complexity index is 896. The van der Waals surface area contributed by atoms with Crippen molar-refractivity contribution in [3.05, 3.63) is 33.4 Å². The minimum absolute atomic E-state index is 0.277. The van der Waals surface area contributed by atoms with Gasteiger partial charge in [-0.2, -0.15) is 5.10 Å². The Labute approximate surface area is 171 Å². The number of ether oxygens (including phenoxy) is 2. The van der Waals surface area contributed by atoms with E-state index in [9.17, 15) is 9.59 Å². The van der Waals surface area contributed by atoms with Crippen molar-refractivity contribution >= 4 is 47.2 Å². The van der Waals surface area contributed by atoms with Crippen molar-refractivity contribution in [2.45, 2.75) is 41.7 Å². The molecule has 1 aliphatic rings. The maximum Gasteiger partial charge on any atom is 0.346 e. The molecule has 144 valence electrons. The SMILES string of the molecule is COC(=O)[C@H](C)Oc1cc(Sc2c(C=O)c(C3CC3)nn2C)c(Cl)cc1Cl. The average molecular weight is 429 g/mol. The number of rotatable bonds is 7. The third kappa shape index (κ3) is 4.25. The lowest BCUT2D eigenvalue weighted by atomic mass is 10.2. The molecule has 0 N–H and O–H groups in total. The highest BCUT2D eigenvalue weighted by Gasteiger charge is 2.31. The predicted octanol–water partition coefficient (Wildman–Crippen LogP) is 4.51. The van der Waals surface area contributed by atoms with Crippen LogP contribution in [-0.4, -0.2) is 35.2 Å². The Hall–Kier alpha value is -1.70. The number of carbonyl (C=O) groups excluding carboxylic acids is 2. The Morgan fingerprint density at radius 1 is 1.37 bits per heavy atom. The molecule has 1 aromatic heterocycles. The molecule has 1 fully saturated rings. The summed E-state index contributed by atoms with van der Waals surface area (Å²) in [5.41, 5.74) is 1.41. The van der Waals surface area contributed by atoms with E-state index in [1.165, 1.54) is 18.9 Å². The van der Waals surface area contributed by atoms with Crippen molar-refractivity contribution in [3.63, 3.8) is 0 Å². The minimum atomic E-state index is -0.824. The number of hydrogen-bond donors (Lipinski definition) is 0. The number of nitrogens with zero attached hydrogens (tertiary/aromatic N) is 2. The van der Waals surface area contributed by atoms with E-state index in [1.807, 2.05) is 0 Å². The van der Waals surface area contributed by atoms with Gasteiger partial charge in [0.05, 0.1) is 28.4 Å². The number of aryl methyl sites for hydroxylation is 1. The number of benzene rings is 1. The third-order valence-corrected chi connectivity index (χ3v) is 6.13. The van der Waals surface area contributed by atoms with Crippen LogP contribution in [0, 0.1) is 0 Å². The summed E-state index contributed by atoms with van der Waals surface area (Å²) in [4.78, 5) is 23.9. The van der Waals surface area contributed by atoms with Gasteiger partial charge in [-0.15, -0.1) is 0 Å². The normalized spacial score (nSPS) is 14.7. The molecule has 1 aliphatic carbocycles. The first-order valence-corrected chi connectivity index (χ1v) is 9.86. The second-order valence-corrected chi connectivity index (χ2v) is 8.06. The van der Waals surface area contributed by atoms with Gasteiger partial charge in [-0.3, -0.25) is 9.48 Å². The van der Waals surface area contributed by atoms with E-state index in [-0.39, 0.29) is 5.02 Å². The second-order valence-electron chi connectivity index (χ2n) is 6.22. The van der Waals surface area contributed by atoms with E-state index < -0.39 is 12.1 Å². The van der Waals surface area contributed by atoms with Crippen LogP contribution < -0.4 is 4.74 Å². The molecule has 1 aromatic carbocycles. The summed E-state index contributed by atoms with van der Waals surface area (Å²) in [5.74, 6) is 0.143. The van der Waals surface area contributed by atoms with Gasteiger partial charge in [0.15, 0.2) is 12.4 Å². The third-order valence-electron chi connectivity index (χ3n) is 4.17. The van der Waals surface area contributed by atoms with E-state index >= 15 is 0 Å². The van der Waals surface area contributed by atoms with Crippen molar-refractivity contribution < 1.29 is 19.1 Å². The molecule has 0 radical (unpaired) electrons. The molecule has 3 rings (SSSR count). The largest absolute Gasteiger partial charge is 0.477 e.